The van der Waals surface area contributed by atoms with Gasteiger partial charge in [-0.25, -0.2) is 0 Å². The fourth-order valence-corrected chi connectivity index (χ4v) is 16.3. The third-order valence-corrected chi connectivity index (χ3v) is 20.9. The van der Waals surface area contributed by atoms with E-state index in [0.717, 1.165) is 89.9 Å². The lowest BCUT2D eigenvalue weighted by Crippen LogP contribution is -2.61. The van der Waals surface area contributed by atoms with E-state index in [2.05, 4.69) is 383 Å². The fourth-order valence-electron chi connectivity index (χ4n) is 16.3. The highest BCUT2D eigenvalue weighted by molar-refractivity contribution is 7.00. The van der Waals surface area contributed by atoms with E-state index in [0.29, 0.717) is 0 Å². The van der Waals surface area contributed by atoms with E-state index in [1.54, 1.807) is 0 Å². The molecule has 0 spiro atoms. The van der Waals surface area contributed by atoms with Crippen molar-refractivity contribution in [1.29, 1.82) is 0 Å². The summed E-state index contributed by atoms with van der Waals surface area (Å²) in [6.45, 7) is 13.8. The van der Waals surface area contributed by atoms with Gasteiger partial charge < -0.3 is 14.4 Å². The van der Waals surface area contributed by atoms with Gasteiger partial charge >= 0.3 is 0 Å². The molecule has 2 aliphatic heterocycles. The lowest BCUT2D eigenvalue weighted by atomic mass is 9.33. The highest BCUT2D eigenvalue weighted by atomic mass is 15.2. The Morgan fingerprint density at radius 2 is 0.602 bits per heavy atom. The predicted octanol–water partition coefficient (Wildman–Crippen LogP) is 23.8. The van der Waals surface area contributed by atoms with E-state index in [1.807, 2.05) is 0 Å². The summed E-state index contributed by atoms with van der Waals surface area (Å²) in [5.41, 5.74) is 30.6. The molecule has 0 radical (unpaired) electrons. The zero-order valence-corrected chi connectivity index (χ0v) is 56.1. The Hall–Kier alpha value is -11.7. The molecule has 0 atom stereocenters. The van der Waals surface area contributed by atoms with Crippen LogP contribution in [0, 0.1) is 0 Å². The topological polar surface area (TPSA) is 11.4 Å². The van der Waals surface area contributed by atoms with Gasteiger partial charge in [-0.2, -0.15) is 0 Å². The van der Waals surface area contributed by atoms with Crippen LogP contribution in [0.3, 0.4) is 0 Å². The Morgan fingerprint density at radius 1 is 0.255 bits per heavy atom. The second-order valence-corrected chi connectivity index (χ2v) is 28.7. The van der Waals surface area contributed by atoms with Gasteiger partial charge in [-0.1, -0.05) is 315 Å². The number of nitrogens with zero attached hydrogens (tertiary/aromatic N) is 3. The number of hydrogen-bond donors (Lipinski definition) is 0. The van der Waals surface area contributed by atoms with Gasteiger partial charge in [0.05, 0.1) is 22.4 Å². The van der Waals surface area contributed by atoms with Crippen LogP contribution in [-0.4, -0.2) is 11.3 Å². The first kappa shape index (κ1) is 58.8. The first-order valence-corrected chi connectivity index (χ1v) is 34.5. The Morgan fingerprint density at radius 3 is 1.00 bits per heavy atom. The van der Waals surface area contributed by atoms with Gasteiger partial charge in [0.25, 0.3) is 6.71 Å². The number of rotatable bonds is 9. The van der Waals surface area contributed by atoms with Crippen molar-refractivity contribution in [3.05, 3.63) is 339 Å². The normalized spacial score (nSPS) is 12.7. The van der Waals surface area contributed by atoms with Crippen LogP contribution in [0.2, 0.25) is 0 Å². The monoisotopic (exact) mass is 1250 g/mol. The van der Waals surface area contributed by atoms with E-state index in [1.165, 1.54) is 87.6 Å². The molecule has 18 rings (SSSR count). The molecule has 3 nitrogen and oxygen atoms in total. The van der Waals surface area contributed by atoms with Crippen LogP contribution in [0.5, 0.6) is 0 Å². The zero-order valence-electron chi connectivity index (χ0n) is 56.1. The number of hydrogen-bond acceptors (Lipinski definition) is 2. The van der Waals surface area contributed by atoms with Crippen LogP contribution >= 0.6 is 0 Å². The molecule has 98 heavy (non-hydrogen) atoms. The summed E-state index contributed by atoms with van der Waals surface area (Å²) in [5, 5.41) is 7.43. The lowest BCUT2D eigenvalue weighted by Gasteiger charge is -2.45. The zero-order chi connectivity index (χ0) is 66.0. The van der Waals surface area contributed by atoms with Gasteiger partial charge in [-0.3, -0.25) is 0 Å². The van der Waals surface area contributed by atoms with E-state index < -0.39 is 0 Å². The van der Waals surface area contributed by atoms with Crippen LogP contribution in [-0.2, 0) is 10.8 Å². The van der Waals surface area contributed by atoms with E-state index in [4.69, 9.17) is 0 Å². The van der Waals surface area contributed by atoms with Crippen molar-refractivity contribution in [2.24, 2.45) is 0 Å². The predicted molar refractivity (Wildman–Crippen MR) is 420 cm³/mol. The van der Waals surface area contributed by atoms with Crippen LogP contribution in [0.25, 0.3) is 116 Å². The summed E-state index contributed by atoms with van der Waals surface area (Å²) in [7, 11) is 0. The molecule has 0 unspecified atom stereocenters. The quantitative estimate of drug-likeness (QED) is 0.105. The molecule has 0 N–H and O–H groups in total. The second kappa shape index (κ2) is 23.0. The SMILES string of the molecule is CC(C)(C)c1ccc2c(c1)c1cc(C(C)(C)C)ccc1n2-c1ccc2c(c1)N(c1c(-c3ccccc3)cccc1-c1ccccc1)c1cccc3c1B2c1ccc(-c2c4ccccc4c(-c4ccccc4)c4ccccc24)cc1N3c1c(-c2ccccc2)cccc1-c1ccccc1. The van der Waals surface area contributed by atoms with Gasteiger partial charge in [-0.05, 0) is 159 Å². The fraction of sp³-hybridized carbons (Fsp3) is 0.0851. The van der Waals surface area contributed by atoms with E-state index in [9.17, 15) is 0 Å². The molecule has 4 heteroatoms. The Balaban J connectivity index is 0.976. The average molecular weight is 1250 g/mol. The minimum absolute atomic E-state index is 0.0423. The Kier molecular flexibility index (Phi) is 13.8. The average Bonchev–Trinajstić information content (AvgIpc) is 0.743. The summed E-state index contributed by atoms with van der Waals surface area (Å²) in [6, 6.07) is 124. The van der Waals surface area contributed by atoms with Gasteiger partial charge in [0.2, 0.25) is 0 Å². The first-order valence-electron chi connectivity index (χ1n) is 34.5. The van der Waals surface area contributed by atoms with Gasteiger partial charge in [0.1, 0.15) is 0 Å². The maximum atomic E-state index is 2.66. The van der Waals surface area contributed by atoms with Gasteiger partial charge in [0.15, 0.2) is 0 Å². The summed E-state index contributed by atoms with van der Waals surface area (Å²) >= 11 is 0. The van der Waals surface area contributed by atoms with E-state index in [-0.39, 0.29) is 17.5 Å². The van der Waals surface area contributed by atoms with Crippen molar-refractivity contribution in [2.75, 3.05) is 9.80 Å². The minimum Gasteiger partial charge on any atom is -0.310 e. The van der Waals surface area contributed by atoms with Crippen molar-refractivity contribution in [1.82, 2.24) is 4.57 Å². The summed E-state index contributed by atoms with van der Waals surface area (Å²) in [4.78, 5) is 5.32. The molecule has 0 aliphatic carbocycles. The molecule has 16 aromatic rings. The molecule has 466 valence electrons. The summed E-state index contributed by atoms with van der Waals surface area (Å²) in [5.74, 6) is 0. The van der Waals surface area contributed by atoms with E-state index >= 15 is 0 Å². The maximum absolute atomic E-state index is 2.66. The summed E-state index contributed by atoms with van der Waals surface area (Å²) in [6.07, 6.45) is 0. The van der Waals surface area contributed by atoms with Crippen LogP contribution in [0.4, 0.5) is 34.1 Å². The standard InChI is InChI=1S/C94H72BN3/c1-93(2,3)67-50-55-82-78(58-67)79-59-68(94(4,5)6)51-56-83(79)96(82)69-52-54-81-87(60-69)98(92-72(63-33-16-9-17-34-63)45-27-46-73(92)64-35-18-10-19-36-64)85-48-28-47-84-90(85)95(81)80-53-49-66(89-76-41-24-22-39-74(76)88(65-37-20-11-21-38-65)75-40-23-25-42-77(75)89)57-86(80)97(84)91-70(61-29-12-7-13-30-61)43-26-44-71(91)62-31-14-8-15-32-62/h7-60H,1-6H3. The van der Waals surface area contributed by atoms with Crippen LogP contribution < -0.4 is 26.2 Å². The molecular formula is C94H72BN3. The number of anilines is 6. The number of aromatic nitrogens is 1. The molecule has 3 heterocycles. The number of para-hydroxylation sites is 2. The Labute approximate surface area is 574 Å². The highest BCUT2D eigenvalue weighted by Crippen LogP contribution is 2.54. The van der Waals surface area contributed by atoms with Crippen molar-refractivity contribution in [3.8, 4) is 72.4 Å². The minimum atomic E-state index is -0.203. The smallest absolute Gasteiger partial charge is 0.252 e. The van der Waals surface area contributed by atoms with Crippen molar-refractivity contribution < 1.29 is 0 Å². The van der Waals surface area contributed by atoms with Gasteiger partial charge in [0, 0.05) is 61.5 Å². The second-order valence-electron chi connectivity index (χ2n) is 28.7. The molecule has 0 bridgehead atoms. The van der Waals surface area contributed by atoms with Gasteiger partial charge in [-0.15, -0.1) is 0 Å². The first-order chi connectivity index (χ1) is 47.9. The van der Waals surface area contributed by atoms with Crippen LogP contribution in [0.1, 0.15) is 52.7 Å². The maximum Gasteiger partial charge on any atom is 0.252 e. The third kappa shape index (κ3) is 9.48. The largest absolute Gasteiger partial charge is 0.310 e. The molecule has 2 aliphatic rings. The molecular weight excluding hydrogens is 1180 g/mol. The molecule has 0 saturated carbocycles. The molecule has 0 fully saturated rings. The van der Waals surface area contributed by atoms with Crippen LogP contribution in [0.15, 0.2) is 328 Å². The molecule has 1 aromatic heterocycles. The van der Waals surface area contributed by atoms with Crippen molar-refractivity contribution in [2.45, 2.75) is 52.4 Å². The summed E-state index contributed by atoms with van der Waals surface area (Å²) < 4.78 is 2.54. The number of fused-ring (bicyclic) bond motifs is 9. The van der Waals surface area contributed by atoms with Crippen molar-refractivity contribution in [3.63, 3.8) is 0 Å². The Bertz CT molecular complexity index is 5580. The lowest BCUT2D eigenvalue weighted by molar-refractivity contribution is 0.590. The van der Waals surface area contributed by atoms with Crippen molar-refractivity contribution >= 4 is 101 Å². The number of benzene rings is 15. The third-order valence-electron chi connectivity index (χ3n) is 20.9. The molecule has 0 amide bonds. The molecule has 0 saturated heterocycles. The highest BCUT2D eigenvalue weighted by Gasteiger charge is 2.45. The molecule has 15 aromatic carbocycles.